The first-order valence-corrected chi connectivity index (χ1v) is 9.88. The Morgan fingerprint density at radius 3 is 2.31 bits per heavy atom. The van der Waals surface area contributed by atoms with Crippen LogP contribution in [-0.2, 0) is 4.74 Å². The van der Waals surface area contributed by atoms with Crippen LogP contribution in [0.5, 0.6) is 0 Å². The molecule has 0 saturated heterocycles. The summed E-state index contributed by atoms with van der Waals surface area (Å²) >= 11 is 15.4. The summed E-state index contributed by atoms with van der Waals surface area (Å²) in [6.07, 6.45) is 0.957. The van der Waals surface area contributed by atoms with Gasteiger partial charge in [0.2, 0.25) is 6.69 Å². The minimum atomic E-state index is -1.90. The summed E-state index contributed by atoms with van der Waals surface area (Å²) in [5.41, 5.74) is 0. The van der Waals surface area contributed by atoms with E-state index in [1.807, 2.05) is 6.55 Å². The topological polar surface area (TPSA) is 9.23 Å². The SMILES string of the molecule is CC(C)(Br)COCCC[Si](C)(Cl)Cl. The van der Waals surface area contributed by atoms with E-state index in [2.05, 4.69) is 29.8 Å². The maximum absolute atomic E-state index is 5.94. The van der Waals surface area contributed by atoms with Crippen LogP contribution in [0.4, 0.5) is 0 Å². The Balaban J connectivity index is 3.28. The van der Waals surface area contributed by atoms with E-state index in [0.29, 0.717) is 0 Å². The highest BCUT2D eigenvalue weighted by atomic mass is 79.9. The van der Waals surface area contributed by atoms with Crippen LogP contribution in [0, 0.1) is 0 Å². The van der Waals surface area contributed by atoms with E-state index in [4.69, 9.17) is 26.9 Å². The molecule has 0 unspecified atom stereocenters. The molecule has 0 spiro atoms. The molecule has 0 amide bonds. The van der Waals surface area contributed by atoms with E-state index in [1.54, 1.807) is 0 Å². The van der Waals surface area contributed by atoms with Gasteiger partial charge in [-0.3, -0.25) is 0 Å². The summed E-state index contributed by atoms with van der Waals surface area (Å²) < 4.78 is 5.52. The van der Waals surface area contributed by atoms with Gasteiger partial charge in [-0.05, 0) is 32.9 Å². The highest BCUT2D eigenvalue weighted by Crippen LogP contribution is 2.21. The van der Waals surface area contributed by atoms with Gasteiger partial charge < -0.3 is 4.74 Å². The molecule has 0 atom stereocenters. The molecule has 0 fully saturated rings. The fourth-order valence-electron chi connectivity index (χ4n) is 0.800. The lowest BCUT2D eigenvalue weighted by atomic mass is 10.2. The first kappa shape index (κ1) is 14.2. The molecule has 0 aromatic rings. The van der Waals surface area contributed by atoms with Crippen molar-refractivity contribution in [3.8, 4) is 0 Å². The number of halogens is 3. The third-order valence-corrected chi connectivity index (χ3v) is 3.94. The van der Waals surface area contributed by atoms with Crippen LogP contribution >= 0.6 is 38.1 Å². The molecule has 0 rings (SSSR count). The van der Waals surface area contributed by atoms with Crippen LogP contribution in [0.1, 0.15) is 20.3 Å². The zero-order chi connectivity index (χ0) is 10.5. The van der Waals surface area contributed by atoms with Gasteiger partial charge in [0, 0.05) is 10.9 Å². The molecule has 0 aliphatic carbocycles. The molecule has 0 saturated carbocycles. The third-order valence-electron chi connectivity index (χ3n) is 1.35. The van der Waals surface area contributed by atoms with Crippen molar-refractivity contribution >= 4 is 44.8 Å². The quantitative estimate of drug-likeness (QED) is 0.310. The predicted molar refractivity (Wildman–Crippen MR) is 66.6 cm³/mol. The van der Waals surface area contributed by atoms with Crippen molar-refractivity contribution in [2.45, 2.75) is 37.2 Å². The van der Waals surface area contributed by atoms with E-state index in [0.717, 1.165) is 25.7 Å². The maximum Gasteiger partial charge on any atom is 0.248 e. The highest BCUT2D eigenvalue weighted by molar-refractivity contribution is 9.10. The Bertz CT molecular complexity index is 126. The number of hydrogen-bond donors (Lipinski definition) is 0. The van der Waals surface area contributed by atoms with E-state index in [-0.39, 0.29) is 4.32 Å². The monoisotopic (exact) mass is 306 g/mol. The van der Waals surface area contributed by atoms with Crippen LogP contribution in [0.3, 0.4) is 0 Å². The van der Waals surface area contributed by atoms with Crippen molar-refractivity contribution < 1.29 is 4.74 Å². The predicted octanol–water partition coefficient (Wildman–Crippen LogP) is 4.12. The van der Waals surface area contributed by atoms with E-state index >= 15 is 0 Å². The molecule has 0 N–H and O–H groups in total. The molecule has 13 heavy (non-hydrogen) atoms. The normalized spacial score (nSPS) is 13.4. The second-order valence-electron chi connectivity index (χ2n) is 3.95. The average molecular weight is 308 g/mol. The van der Waals surface area contributed by atoms with Crippen molar-refractivity contribution in [3.63, 3.8) is 0 Å². The number of ether oxygens (including phenoxy) is 1. The number of hydrogen-bond acceptors (Lipinski definition) is 1. The zero-order valence-electron chi connectivity index (χ0n) is 8.37. The molecule has 0 aliphatic rings. The fourth-order valence-corrected chi connectivity index (χ4v) is 2.53. The van der Waals surface area contributed by atoms with Crippen LogP contribution in [0.15, 0.2) is 0 Å². The zero-order valence-corrected chi connectivity index (χ0v) is 12.5. The van der Waals surface area contributed by atoms with Crippen LogP contribution < -0.4 is 0 Å². The molecule has 5 heteroatoms. The molecule has 0 aliphatic heterocycles. The summed E-state index contributed by atoms with van der Waals surface area (Å²) in [6.45, 7) is 5.66. The van der Waals surface area contributed by atoms with Gasteiger partial charge in [-0.15, -0.1) is 22.2 Å². The molecule has 0 radical (unpaired) electrons. The van der Waals surface area contributed by atoms with E-state index in [9.17, 15) is 0 Å². The summed E-state index contributed by atoms with van der Waals surface area (Å²) in [7, 11) is 0. The summed E-state index contributed by atoms with van der Waals surface area (Å²) in [5.74, 6) is 0. The lowest BCUT2D eigenvalue weighted by Crippen LogP contribution is -2.19. The molecule has 0 aromatic heterocycles. The molecule has 0 aromatic carbocycles. The molecule has 1 nitrogen and oxygen atoms in total. The average Bonchev–Trinajstić information content (AvgIpc) is 1.81. The Morgan fingerprint density at radius 2 is 1.92 bits per heavy atom. The van der Waals surface area contributed by atoms with Gasteiger partial charge in [-0.1, -0.05) is 15.9 Å². The van der Waals surface area contributed by atoms with Gasteiger partial charge in [-0.25, -0.2) is 0 Å². The largest absolute Gasteiger partial charge is 0.380 e. The van der Waals surface area contributed by atoms with Gasteiger partial charge in [0.15, 0.2) is 0 Å². The van der Waals surface area contributed by atoms with Gasteiger partial charge in [-0.2, -0.15) is 0 Å². The lowest BCUT2D eigenvalue weighted by Gasteiger charge is -2.16. The smallest absolute Gasteiger partial charge is 0.248 e. The molecular weight excluding hydrogens is 291 g/mol. The first-order chi connectivity index (χ1) is 5.71. The minimum Gasteiger partial charge on any atom is -0.380 e. The van der Waals surface area contributed by atoms with Gasteiger partial charge in [0.25, 0.3) is 0 Å². The van der Waals surface area contributed by atoms with Crippen molar-refractivity contribution in [2.24, 2.45) is 0 Å². The second kappa shape index (κ2) is 5.96. The van der Waals surface area contributed by atoms with Crippen molar-refractivity contribution in [2.75, 3.05) is 13.2 Å². The Kier molecular flexibility index (Phi) is 6.53. The summed E-state index contributed by atoms with van der Waals surface area (Å²) in [4.78, 5) is 0. The third kappa shape index (κ3) is 13.2. The van der Waals surface area contributed by atoms with Crippen molar-refractivity contribution in [1.82, 2.24) is 0 Å². The Hall–Kier alpha value is 1.24. The van der Waals surface area contributed by atoms with Crippen LogP contribution in [0.25, 0.3) is 0 Å². The van der Waals surface area contributed by atoms with Crippen molar-refractivity contribution in [1.29, 1.82) is 0 Å². The second-order valence-corrected chi connectivity index (χ2v) is 14.3. The molecule has 0 bridgehead atoms. The fraction of sp³-hybridized carbons (Fsp3) is 1.00. The first-order valence-electron chi connectivity index (χ1n) is 4.35. The minimum absolute atomic E-state index is 0.0651. The Morgan fingerprint density at radius 1 is 1.38 bits per heavy atom. The summed E-state index contributed by atoms with van der Waals surface area (Å²) in [5, 5.41) is 0. The van der Waals surface area contributed by atoms with E-state index < -0.39 is 6.69 Å². The highest BCUT2D eigenvalue weighted by Gasteiger charge is 2.20. The van der Waals surface area contributed by atoms with Gasteiger partial charge >= 0.3 is 0 Å². The number of alkyl halides is 1. The lowest BCUT2D eigenvalue weighted by molar-refractivity contribution is 0.121. The van der Waals surface area contributed by atoms with Crippen LogP contribution in [0.2, 0.25) is 12.6 Å². The van der Waals surface area contributed by atoms with Gasteiger partial charge in [0.05, 0.1) is 6.61 Å². The van der Waals surface area contributed by atoms with Gasteiger partial charge in [0.1, 0.15) is 0 Å². The number of rotatable bonds is 6. The summed E-state index contributed by atoms with van der Waals surface area (Å²) in [6, 6.07) is 0.902. The molecular formula is C8H17BrCl2OSi. The van der Waals surface area contributed by atoms with Crippen LogP contribution in [-0.4, -0.2) is 24.2 Å². The Labute approximate surface area is 99.7 Å². The molecule has 0 heterocycles. The molecule has 80 valence electrons. The standard InChI is InChI=1S/C8H17BrCl2OSi/c1-8(2,9)7-12-5-4-6-13(3,10)11/h4-7H2,1-3H3. The van der Waals surface area contributed by atoms with Crippen molar-refractivity contribution in [3.05, 3.63) is 0 Å². The maximum atomic E-state index is 5.94. The van der Waals surface area contributed by atoms with E-state index in [1.165, 1.54) is 0 Å².